The smallest absolute Gasteiger partial charge is 0.0786 e. The van der Waals surface area contributed by atoms with E-state index in [2.05, 4.69) is 18.3 Å². The van der Waals surface area contributed by atoms with Gasteiger partial charge in [0.1, 0.15) is 0 Å². The van der Waals surface area contributed by atoms with E-state index in [-0.39, 0.29) is 0 Å². The molecular formula is C12H19ClN2. The van der Waals surface area contributed by atoms with E-state index in [0.717, 1.165) is 22.9 Å². The quantitative estimate of drug-likeness (QED) is 0.772. The number of hydrogen-bond acceptors (Lipinski definition) is 2. The van der Waals surface area contributed by atoms with Gasteiger partial charge in [0.05, 0.1) is 16.4 Å². The summed E-state index contributed by atoms with van der Waals surface area (Å²) < 4.78 is 0. The highest BCUT2D eigenvalue weighted by molar-refractivity contribution is 6.34. The van der Waals surface area contributed by atoms with Crippen LogP contribution in [0.15, 0.2) is 18.2 Å². The average Bonchev–Trinajstić information content (AvgIpc) is 2.17. The van der Waals surface area contributed by atoms with Crippen LogP contribution in [0.4, 0.5) is 11.4 Å². The van der Waals surface area contributed by atoms with Gasteiger partial charge in [-0.25, -0.2) is 0 Å². The molecule has 0 atom stereocenters. The fourth-order valence-corrected chi connectivity index (χ4v) is 1.86. The van der Waals surface area contributed by atoms with Gasteiger partial charge < -0.3 is 10.2 Å². The van der Waals surface area contributed by atoms with Crippen LogP contribution in [0.25, 0.3) is 0 Å². The minimum atomic E-state index is 0.793. The standard InChI is InChI=1S/C12H19ClN2/c1-4-5-9-14-11-8-6-7-10(13)12(11)15(2)3/h6-8,14H,4-5,9H2,1-3H3. The van der Waals surface area contributed by atoms with E-state index in [0.29, 0.717) is 0 Å². The van der Waals surface area contributed by atoms with Crippen molar-refractivity contribution >= 4 is 23.0 Å². The summed E-state index contributed by atoms with van der Waals surface area (Å²) >= 11 is 6.16. The Bertz CT molecular complexity index is 310. The molecule has 0 aliphatic heterocycles. The molecule has 0 fully saturated rings. The first kappa shape index (κ1) is 12.2. The number of unbranched alkanes of at least 4 members (excludes halogenated alkanes) is 1. The molecular weight excluding hydrogens is 208 g/mol. The Morgan fingerprint density at radius 1 is 1.33 bits per heavy atom. The highest BCUT2D eigenvalue weighted by atomic mass is 35.5. The Labute approximate surface area is 97.2 Å². The third-order valence-electron chi connectivity index (χ3n) is 2.28. The molecule has 3 heteroatoms. The van der Waals surface area contributed by atoms with E-state index in [9.17, 15) is 0 Å². The van der Waals surface area contributed by atoms with Crippen molar-refractivity contribution in [1.82, 2.24) is 0 Å². The van der Waals surface area contributed by atoms with Gasteiger partial charge in [0, 0.05) is 20.6 Å². The van der Waals surface area contributed by atoms with Crippen LogP contribution in [0.1, 0.15) is 19.8 Å². The van der Waals surface area contributed by atoms with Gasteiger partial charge in [0.25, 0.3) is 0 Å². The number of hydrogen-bond donors (Lipinski definition) is 1. The van der Waals surface area contributed by atoms with E-state index in [1.54, 1.807) is 0 Å². The first-order valence-corrected chi connectivity index (χ1v) is 5.74. The van der Waals surface area contributed by atoms with Gasteiger partial charge >= 0.3 is 0 Å². The normalized spacial score (nSPS) is 10.1. The van der Waals surface area contributed by atoms with Crippen LogP contribution in [0.3, 0.4) is 0 Å². The number of para-hydroxylation sites is 1. The van der Waals surface area contributed by atoms with Crippen LogP contribution in [-0.2, 0) is 0 Å². The number of benzene rings is 1. The van der Waals surface area contributed by atoms with E-state index in [1.807, 2.05) is 31.1 Å². The number of rotatable bonds is 5. The molecule has 0 radical (unpaired) electrons. The Kier molecular flexibility index (Phi) is 4.76. The van der Waals surface area contributed by atoms with Crippen molar-refractivity contribution in [2.24, 2.45) is 0 Å². The lowest BCUT2D eigenvalue weighted by molar-refractivity contribution is 0.834. The molecule has 0 heterocycles. The monoisotopic (exact) mass is 226 g/mol. The van der Waals surface area contributed by atoms with Gasteiger partial charge in [-0.1, -0.05) is 31.0 Å². The van der Waals surface area contributed by atoms with Crippen LogP contribution < -0.4 is 10.2 Å². The maximum atomic E-state index is 6.16. The van der Waals surface area contributed by atoms with Gasteiger partial charge in [-0.2, -0.15) is 0 Å². The highest BCUT2D eigenvalue weighted by Crippen LogP contribution is 2.32. The minimum Gasteiger partial charge on any atom is -0.383 e. The molecule has 1 aromatic rings. The van der Waals surface area contributed by atoms with Crippen LogP contribution in [-0.4, -0.2) is 20.6 Å². The molecule has 15 heavy (non-hydrogen) atoms. The van der Waals surface area contributed by atoms with Gasteiger partial charge in [-0.05, 0) is 18.6 Å². The lowest BCUT2D eigenvalue weighted by atomic mass is 10.2. The molecule has 0 unspecified atom stereocenters. The van der Waals surface area contributed by atoms with Crippen molar-refractivity contribution in [3.8, 4) is 0 Å². The van der Waals surface area contributed by atoms with Crippen molar-refractivity contribution in [3.63, 3.8) is 0 Å². The lowest BCUT2D eigenvalue weighted by Crippen LogP contribution is -2.13. The second-order valence-corrected chi connectivity index (χ2v) is 4.22. The molecule has 0 bridgehead atoms. The van der Waals surface area contributed by atoms with Crippen molar-refractivity contribution in [1.29, 1.82) is 0 Å². The van der Waals surface area contributed by atoms with Crippen LogP contribution in [0.2, 0.25) is 5.02 Å². The molecule has 0 saturated heterocycles. The molecule has 0 aliphatic rings. The predicted octanol–water partition coefficient (Wildman–Crippen LogP) is 3.62. The fraction of sp³-hybridized carbons (Fsp3) is 0.500. The van der Waals surface area contributed by atoms with Crippen LogP contribution >= 0.6 is 11.6 Å². The summed E-state index contributed by atoms with van der Waals surface area (Å²) in [7, 11) is 4.01. The second kappa shape index (κ2) is 5.86. The Hall–Kier alpha value is -0.890. The number of nitrogens with one attached hydrogen (secondary N) is 1. The molecule has 1 rings (SSSR count). The zero-order chi connectivity index (χ0) is 11.3. The molecule has 1 aromatic carbocycles. The summed E-state index contributed by atoms with van der Waals surface area (Å²) in [5, 5.41) is 4.20. The SMILES string of the molecule is CCCCNc1cccc(Cl)c1N(C)C. The topological polar surface area (TPSA) is 15.3 Å². The Morgan fingerprint density at radius 2 is 2.07 bits per heavy atom. The van der Waals surface area contributed by atoms with Crippen LogP contribution in [0, 0.1) is 0 Å². The molecule has 2 nitrogen and oxygen atoms in total. The molecule has 0 amide bonds. The average molecular weight is 227 g/mol. The molecule has 0 saturated carbocycles. The zero-order valence-corrected chi connectivity index (χ0v) is 10.4. The van der Waals surface area contributed by atoms with Gasteiger partial charge in [-0.3, -0.25) is 0 Å². The van der Waals surface area contributed by atoms with Gasteiger partial charge in [0.2, 0.25) is 0 Å². The molecule has 1 N–H and O–H groups in total. The Balaban J connectivity index is 2.81. The first-order valence-electron chi connectivity index (χ1n) is 5.36. The summed E-state index contributed by atoms with van der Waals surface area (Å²) in [4.78, 5) is 2.04. The first-order chi connectivity index (χ1) is 7.16. The maximum Gasteiger partial charge on any atom is 0.0786 e. The molecule has 0 aromatic heterocycles. The van der Waals surface area contributed by atoms with Crippen molar-refractivity contribution in [3.05, 3.63) is 23.2 Å². The molecule has 0 spiro atoms. The number of nitrogens with zero attached hydrogens (tertiary/aromatic N) is 1. The largest absolute Gasteiger partial charge is 0.383 e. The van der Waals surface area contributed by atoms with Gasteiger partial charge in [0.15, 0.2) is 0 Å². The fourth-order valence-electron chi connectivity index (χ4n) is 1.51. The third kappa shape index (κ3) is 3.31. The number of anilines is 2. The summed E-state index contributed by atoms with van der Waals surface area (Å²) in [5.41, 5.74) is 2.18. The van der Waals surface area contributed by atoms with Crippen LogP contribution in [0.5, 0.6) is 0 Å². The highest BCUT2D eigenvalue weighted by Gasteiger charge is 2.07. The third-order valence-corrected chi connectivity index (χ3v) is 2.58. The van der Waals surface area contributed by atoms with Crippen molar-refractivity contribution < 1.29 is 0 Å². The van der Waals surface area contributed by atoms with E-state index in [4.69, 9.17) is 11.6 Å². The van der Waals surface area contributed by atoms with E-state index in [1.165, 1.54) is 12.8 Å². The summed E-state index contributed by atoms with van der Waals surface area (Å²) in [6, 6.07) is 5.96. The maximum absolute atomic E-state index is 6.16. The molecule has 0 aliphatic carbocycles. The van der Waals surface area contributed by atoms with Gasteiger partial charge in [-0.15, -0.1) is 0 Å². The predicted molar refractivity (Wildman–Crippen MR) is 69.2 cm³/mol. The lowest BCUT2D eigenvalue weighted by Gasteiger charge is -2.19. The number of halogens is 1. The summed E-state index contributed by atoms with van der Waals surface area (Å²) in [6.07, 6.45) is 2.38. The molecule has 84 valence electrons. The summed E-state index contributed by atoms with van der Waals surface area (Å²) in [6.45, 7) is 3.18. The minimum absolute atomic E-state index is 0.793. The zero-order valence-electron chi connectivity index (χ0n) is 9.68. The summed E-state index contributed by atoms with van der Waals surface area (Å²) in [5.74, 6) is 0. The van der Waals surface area contributed by atoms with E-state index >= 15 is 0 Å². The van der Waals surface area contributed by atoms with E-state index < -0.39 is 0 Å². The Morgan fingerprint density at radius 3 is 2.67 bits per heavy atom. The van der Waals surface area contributed by atoms with Crippen molar-refractivity contribution in [2.45, 2.75) is 19.8 Å². The second-order valence-electron chi connectivity index (χ2n) is 3.81. The van der Waals surface area contributed by atoms with Crippen molar-refractivity contribution in [2.75, 3.05) is 30.9 Å².